The summed E-state index contributed by atoms with van der Waals surface area (Å²) in [5.41, 5.74) is 0.805. The van der Waals surface area contributed by atoms with Crippen LogP contribution in [0.4, 0.5) is 11.5 Å². The van der Waals surface area contributed by atoms with Crippen molar-refractivity contribution in [3.8, 4) is 0 Å². The second-order valence-corrected chi connectivity index (χ2v) is 5.92. The van der Waals surface area contributed by atoms with Gasteiger partial charge in [-0.05, 0) is 44.0 Å². The topological polar surface area (TPSA) is 66.5 Å². The number of rotatable bonds is 5. The Bertz CT molecular complexity index is 497. The molecule has 2 aliphatic heterocycles. The van der Waals surface area contributed by atoms with E-state index >= 15 is 0 Å². The number of aromatic nitrogens is 1. The van der Waals surface area contributed by atoms with Crippen LogP contribution in [0.3, 0.4) is 0 Å². The number of morpholine rings is 1. The highest BCUT2D eigenvalue weighted by Crippen LogP contribution is 2.24. The fraction of sp³-hybridized carbons (Fsp3) is 0.625. The van der Waals surface area contributed by atoms with E-state index in [1.54, 1.807) is 6.20 Å². The molecule has 0 radical (unpaired) electrons. The molecule has 0 spiro atoms. The zero-order valence-electron chi connectivity index (χ0n) is 12.9. The molecular weight excluding hydrogens is 280 g/mol. The van der Waals surface area contributed by atoms with Gasteiger partial charge < -0.3 is 20.3 Å². The van der Waals surface area contributed by atoms with Gasteiger partial charge in [-0.2, -0.15) is 0 Å². The predicted molar refractivity (Wildman–Crippen MR) is 86.1 cm³/mol. The average molecular weight is 304 g/mol. The summed E-state index contributed by atoms with van der Waals surface area (Å²) in [7, 11) is 0. The Morgan fingerprint density at radius 1 is 1.45 bits per heavy atom. The first-order chi connectivity index (χ1) is 10.8. The van der Waals surface area contributed by atoms with Crippen molar-refractivity contribution >= 4 is 17.4 Å². The number of nitrogens with one attached hydrogen (secondary N) is 2. The van der Waals surface area contributed by atoms with Gasteiger partial charge in [0.2, 0.25) is 5.91 Å². The minimum Gasteiger partial charge on any atom is -0.378 e. The van der Waals surface area contributed by atoms with Gasteiger partial charge in [0.1, 0.15) is 0 Å². The van der Waals surface area contributed by atoms with Gasteiger partial charge >= 0.3 is 0 Å². The minimum atomic E-state index is 0.0782. The van der Waals surface area contributed by atoms with Crippen LogP contribution in [-0.2, 0) is 9.53 Å². The van der Waals surface area contributed by atoms with Crippen molar-refractivity contribution in [2.24, 2.45) is 5.92 Å². The lowest BCUT2D eigenvalue weighted by atomic mass is 10.0. The maximum absolute atomic E-state index is 12.2. The van der Waals surface area contributed by atoms with Crippen LogP contribution in [-0.4, -0.2) is 50.3 Å². The summed E-state index contributed by atoms with van der Waals surface area (Å²) in [6, 6.07) is 3.78. The van der Waals surface area contributed by atoms with E-state index in [1.807, 2.05) is 12.1 Å². The molecule has 0 aliphatic carbocycles. The molecule has 22 heavy (non-hydrogen) atoms. The third-order valence-corrected chi connectivity index (χ3v) is 4.31. The first-order valence-electron chi connectivity index (χ1n) is 8.11. The van der Waals surface area contributed by atoms with Crippen molar-refractivity contribution in [1.29, 1.82) is 0 Å². The van der Waals surface area contributed by atoms with Gasteiger partial charge in [-0.25, -0.2) is 4.98 Å². The normalized spacial score (nSPS) is 21.8. The molecule has 1 aromatic heterocycles. The van der Waals surface area contributed by atoms with Crippen LogP contribution in [0, 0.1) is 5.92 Å². The lowest BCUT2D eigenvalue weighted by Gasteiger charge is -2.29. The van der Waals surface area contributed by atoms with E-state index in [-0.39, 0.29) is 5.91 Å². The smallest absolute Gasteiger partial charge is 0.224 e. The fourth-order valence-electron chi connectivity index (χ4n) is 3.03. The van der Waals surface area contributed by atoms with Gasteiger partial charge in [0.25, 0.3) is 0 Å². The molecule has 2 fully saturated rings. The van der Waals surface area contributed by atoms with E-state index < -0.39 is 0 Å². The van der Waals surface area contributed by atoms with E-state index in [1.165, 1.54) is 6.42 Å². The summed E-state index contributed by atoms with van der Waals surface area (Å²) in [6.45, 7) is 5.16. The highest BCUT2D eigenvalue weighted by molar-refractivity contribution is 5.93. The third kappa shape index (κ3) is 3.96. The van der Waals surface area contributed by atoms with Crippen molar-refractivity contribution < 1.29 is 9.53 Å². The van der Waals surface area contributed by atoms with Crippen molar-refractivity contribution in [3.63, 3.8) is 0 Å². The molecule has 1 atom stereocenters. The van der Waals surface area contributed by atoms with E-state index in [4.69, 9.17) is 4.74 Å². The van der Waals surface area contributed by atoms with Crippen LogP contribution in [0.5, 0.6) is 0 Å². The van der Waals surface area contributed by atoms with Gasteiger partial charge in [-0.3, -0.25) is 4.79 Å². The average Bonchev–Trinajstić information content (AvgIpc) is 3.08. The van der Waals surface area contributed by atoms with Crippen molar-refractivity contribution in [2.75, 3.05) is 49.6 Å². The molecule has 6 heteroatoms. The molecule has 3 rings (SSSR count). The van der Waals surface area contributed by atoms with Crippen LogP contribution in [0.2, 0.25) is 0 Å². The SMILES string of the molecule is O=C(CCC1CCNC1)Nc1cccnc1N1CCOCC1. The molecular formula is C16H24N4O2. The number of pyridine rings is 1. The zero-order valence-corrected chi connectivity index (χ0v) is 12.9. The molecule has 0 saturated carbocycles. The number of carbonyl (C=O) groups excluding carboxylic acids is 1. The first kappa shape index (κ1) is 15.2. The Balaban J connectivity index is 1.57. The number of ether oxygens (including phenoxy) is 1. The summed E-state index contributed by atoms with van der Waals surface area (Å²) >= 11 is 0. The highest BCUT2D eigenvalue weighted by Gasteiger charge is 2.19. The van der Waals surface area contributed by atoms with Crippen LogP contribution >= 0.6 is 0 Å². The van der Waals surface area contributed by atoms with Crippen molar-refractivity contribution in [3.05, 3.63) is 18.3 Å². The molecule has 2 saturated heterocycles. The van der Waals surface area contributed by atoms with Crippen LogP contribution in [0.15, 0.2) is 18.3 Å². The molecule has 120 valence electrons. The molecule has 1 unspecified atom stereocenters. The van der Waals surface area contributed by atoms with Crippen LogP contribution < -0.4 is 15.5 Å². The largest absolute Gasteiger partial charge is 0.378 e. The molecule has 2 N–H and O–H groups in total. The van der Waals surface area contributed by atoms with Crippen LogP contribution in [0.1, 0.15) is 19.3 Å². The number of hydrogen-bond donors (Lipinski definition) is 2. The Labute approximate surface area is 131 Å². The predicted octanol–water partition coefficient (Wildman–Crippen LogP) is 1.25. The molecule has 1 aromatic rings. The standard InChI is InChI=1S/C16H24N4O2/c21-15(4-3-13-5-7-17-12-13)19-14-2-1-6-18-16(14)20-8-10-22-11-9-20/h1-2,6,13,17H,3-5,7-12H2,(H,19,21). The molecule has 2 aliphatic rings. The Kier molecular flexibility index (Phi) is 5.24. The minimum absolute atomic E-state index is 0.0782. The maximum Gasteiger partial charge on any atom is 0.224 e. The van der Waals surface area contributed by atoms with Crippen molar-refractivity contribution in [2.45, 2.75) is 19.3 Å². The lowest BCUT2D eigenvalue weighted by Crippen LogP contribution is -2.37. The summed E-state index contributed by atoms with van der Waals surface area (Å²) in [5, 5.41) is 6.37. The van der Waals surface area contributed by atoms with Crippen LogP contribution in [0.25, 0.3) is 0 Å². The molecule has 0 aromatic carbocycles. The molecule has 0 bridgehead atoms. The monoisotopic (exact) mass is 304 g/mol. The molecule has 1 amide bonds. The van der Waals surface area contributed by atoms with Gasteiger partial charge in [0.15, 0.2) is 5.82 Å². The Morgan fingerprint density at radius 3 is 3.09 bits per heavy atom. The second kappa shape index (κ2) is 7.56. The zero-order chi connectivity index (χ0) is 15.2. The number of carbonyl (C=O) groups is 1. The first-order valence-corrected chi connectivity index (χ1v) is 8.11. The molecule has 3 heterocycles. The summed E-state index contributed by atoms with van der Waals surface area (Å²) in [6.07, 6.45) is 4.47. The number of amides is 1. The number of anilines is 2. The van der Waals surface area contributed by atoms with Gasteiger partial charge in [-0.1, -0.05) is 0 Å². The number of nitrogens with zero attached hydrogens (tertiary/aromatic N) is 2. The number of hydrogen-bond acceptors (Lipinski definition) is 5. The van der Waals surface area contributed by atoms with E-state index in [2.05, 4.69) is 20.5 Å². The lowest BCUT2D eigenvalue weighted by molar-refractivity contribution is -0.116. The molecule has 6 nitrogen and oxygen atoms in total. The van der Waals surface area contributed by atoms with Gasteiger partial charge in [0, 0.05) is 25.7 Å². The summed E-state index contributed by atoms with van der Waals surface area (Å²) in [5.74, 6) is 1.56. The third-order valence-electron chi connectivity index (χ3n) is 4.31. The summed E-state index contributed by atoms with van der Waals surface area (Å²) in [4.78, 5) is 18.8. The fourth-order valence-corrected chi connectivity index (χ4v) is 3.03. The van der Waals surface area contributed by atoms with Gasteiger partial charge in [-0.15, -0.1) is 0 Å². The maximum atomic E-state index is 12.2. The quantitative estimate of drug-likeness (QED) is 0.857. The van der Waals surface area contributed by atoms with Gasteiger partial charge in [0.05, 0.1) is 18.9 Å². The highest BCUT2D eigenvalue weighted by atomic mass is 16.5. The second-order valence-electron chi connectivity index (χ2n) is 5.92. The summed E-state index contributed by atoms with van der Waals surface area (Å²) < 4.78 is 5.37. The van der Waals surface area contributed by atoms with E-state index in [0.29, 0.717) is 25.6 Å². The van der Waals surface area contributed by atoms with E-state index in [0.717, 1.165) is 44.1 Å². The van der Waals surface area contributed by atoms with Crippen molar-refractivity contribution in [1.82, 2.24) is 10.3 Å². The Hall–Kier alpha value is -1.66. The Morgan fingerprint density at radius 2 is 2.32 bits per heavy atom. The van der Waals surface area contributed by atoms with E-state index in [9.17, 15) is 4.79 Å².